The molecule has 0 fully saturated rings. The maximum Gasteiger partial charge on any atom is 0.0942 e. The Balaban J connectivity index is 2.54. The molecule has 0 amide bonds. The minimum absolute atomic E-state index is 0.194. The van der Waals surface area contributed by atoms with Crippen LogP contribution in [0.2, 0.25) is 0 Å². The van der Waals surface area contributed by atoms with Crippen LogP contribution in [0.4, 0.5) is 0 Å². The molecule has 1 aliphatic carbocycles. The highest BCUT2D eigenvalue weighted by atomic mass is 16.5. The number of hydrogen-bond donors (Lipinski definition) is 0. The summed E-state index contributed by atoms with van der Waals surface area (Å²) in [6, 6.07) is 10.5. The fraction of sp³-hybridized carbons (Fsp3) is 0.333. The maximum absolute atomic E-state index is 5.71. The normalized spacial score (nSPS) is 24.9. The van der Waals surface area contributed by atoms with Crippen LogP contribution in [0.5, 0.6) is 0 Å². The van der Waals surface area contributed by atoms with Crippen molar-refractivity contribution in [1.29, 1.82) is 0 Å². The molecule has 0 spiro atoms. The molecule has 0 saturated carbocycles. The van der Waals surface area contributed by atoms with Crippen LogP contribution in [-0.2, 0) is 4.74 Å². The van der Waals surface area contributed by atoms with Crippen molar-refractivity contribution < 1.29 is 4.74 Å². The number of ether oxygens (including phenoxy) is 1. The summed E-state index contributed by atoms with van der Waals surface area (Å²) < 4.78 is 5.71. The van der Waals surface area contributed by atoms with E-state index < -0.39 is 0 Å². The monoisotopic (exact) mass is 214 g/mol. The van der Waals surface area contributed by atoms with E-state index >= 15 is 0 Å². The Hall–Kier alpha value is -1.34. The first-order valence-electron chi connectivity index (χ1n) is 5.66. The zero-order chi connectivity index (χ0) is 11.6. The zero-order valence-electron chi connectivity index (χ0n) is 10.2. The molecule has 0 heterocycles. The summed E-state index contributed by atoms with van der Waals surface area (Å²) in [5.41, 5.74) is 3.66. The molecule has 1 atom stereocenters. The van der Waals surface area contributed by atoms with Crippen molar-refractivity contribution in [3.8, 4) is 0 Å². The summed E-state index contributed by atoms with van der Waals surface area (Å²) >= 11 is 0. The molecule has 1 heteroatoms. The van der Waals surface area contributed by atoms with Gasteiger partial charge in [0.05, 0.1) is 5.60 Å². The van der Waals surface area contributed by atoms with Gasteiger partial charge in [0, 0.05) is 7.11 Å². The third kappa shape index (κ3) is 1.83. The third-order valence-electron chi connectivity index (χ3n) is 3.31. The molecule has 16 heavy (non-hydrogen) atoms. The molecular weight excluding hydrogens is 196 g/mol. The quantitative estimate of drug-likeness (QED) is 0.727. The minimum atomic E-state index is -0.194. The molecule has 84 valence electrons. The lowest BCUT2D eigenvalue weighted by Crippen LogP contribution is -2.30. The second-order valence-corrected chi connectivity index (χ2v) is 4.47. The van der Waals surface area contributed by atoms with Crippen molar-refractivity contribution in [2.75, 3.05) is 7.11 Å². The summed E-state index contributed by atoms with van der Waals surface area (Å²) in [7, 11) is 1.79. The average Bonchev–Trinajstić information content (AvgIpc) is 2.30. The maximum atomic E-state index is 5.71. The van der Waals surface area contributed by atoms with Gasteiger partial charge in [-0.25, -0.2) is 0 Å². The Kier molecular flexibility index (Phi) is 2.97. The average molecular weight is 214 g/mol. The zero-order valence-corrected chi connectivity index (χ0v) is 10.2. The van der Waals surface area contributed by atoms with Crippen molar-refractivity contribution >= 4 is 5.57 Å². The lowest BCUT2D eigenvalue weighted by Gasteiger charge is -2.34. The fourth-order valence-electron chi connectivity index (χ4n) is 2.39. The predicted molar refractivity (Wildman–Crippen MR) is 68.2 cm³/mol. The number of allylic oxidation sites excluding steroid dienone is 2. The lowest BCUT2D eigenvalue weighted by atomic mass is 9.80. The second-order valence-electron chi connectivity index (χ2n) is 4.47. The van der Waals surface area contributed by atoms with Gasteiger partial charge in [-0.05, 0) is 37.0 Å². The summed E-state index contributed by atoms with van der Waals surface area (Å²) in [4.78, 5) is 0. The van der Waals surface area contributed by atoms with Gasteiger partial charge in [0.1, 0.15) is 0 Å². The van der Waals surface area contributed by atoms with Gasteiger partial charge in [-0.2, -0.15) is 0 Å². The van der Waals surface area contributed by atoms with Crippen LogP contribution in [0.15, 0.2) is 48.1 Å². The third-order valence-corrected chi connectivity index (χ3v) is 3.31. The van der Waals surface area contributed by atoms with Crippen LogP contribution in [0, 0.1) is 0 Å². The molecule has 1 aliphatic rings. The van der Waals surface area contributed by atoms with Crippen LogP contribution < -0.4 is 0 Å². The van der Waals surface area contributed by atoms with Crippen molar-refractivity contribution in [2.24, 2.45) is 0 Å². The molecule has 1 aromatic rings. The highest BCUT2D eigenvalue weighted by molar-refractivity contribution is 5.77. The van der Waals surface area contributed by atoms with E-state index in [2.05, 4.69) is 50.3 Å². The van der Waals surface area contributed by atoms with E-state index in [0.717, 1.165) is 6.42 Å². The summed E-state index contributed by atoms with van der Waals surface area (Å²) in [6.07, 6.45) is 5.31. The standard InChI is InChI=1S/C15H18O/c1-12-8-7-11-15(2,16-3)14(12)13-9-5-4-6-10-13/h4-10H,11H2,1-3H3. The van der Waals surface area contributed by atoms with E-state index in [9.17, 15) is 0 Å². The van der Waals surface area contributed by atoms with Gasteiger partial charge in [0.25, 0.3) is 0 Å². The molecule has 0 saturated heterocycles. The van der Waals surface area contributed by atoms with Crippen molar-refractivity contribution in [2.45, 2.75) is 25.9 Å². The molecule has 1 aromatic carbocycles. The fourth-order valence-corrected chi connectivity index (χ4v) is 2.39. The van der Waals surface area contributed by atoms with Gasteiger partial charge >= 0.3 is 0 Å². The Labute approximate surface area is 97.4 Å². The van der Waals surface area contributed by atoms with Crippen LogP contribution in [-0.4, -0.2) is 12.7 Å². The Morgan fingerprint density at radius 2 is 1.88 bits per heavy atom. The second kappa shape index (κ2) is 4.26. The number of methoxy groups -OCH3 is 1. The van der Waals surface area contributed by atoms with E-state index in [1.54, 1.807) is 7.11 Å². The Bertz CT molecular complexity index is 428. The molecule has 0 radical (unpaired) electrons. The molecule has 0 bridgehead atoms. The number of rotatable bonds is 2. The van der Waals surface area contributed by atoms with Crippen LogP contribution in [0.25, 0.3) is 5.57 Å². The van der Waals surface area contributed by atoms with Crippen molar-refractivity contribution in [3.05, 3.63) is 53.6 Å². The number of hydrogen-bond acceptors (Lipinski definition) is 1. The molecule has 0 aromatic heterocycles. The molecule has 2 rings (SSSR count). The van der Waals surface area contributed by atoms with Gasteiger partial charge < -0.3 is 4.74 Å². The van der Waals surface area contributed by atoms with Crippen molar-refractivity contribution in [1.82, 2.24) is 0 Å². The smallest absolute Gasteiger partial charge is 0.0942 e. The largest absolute Gasteiger partial charge is 0.373 e. The van der Waals surface area contributed by atoms with Crippen LogP contribution in [0.1, 0.15) is 25.8 Å². The molecule has 0 aliphatic heterocycles. The van der Waals surface area contributed by atoms with Gasteiger partial charge in [-0.1, -0.05) is 42.5 Å². The van der Waals surface area contributed by atoms with E-state index in [1.807, 2.05) is 6.07 Å². The topological polar surface area (TPSA) is 9.23 Å². The van der Waals surface area contributed by atoms with Gasteiger partial charge in [0.15, 0.2) is 0 Å². The minimum Gasteiger partial charge on any atom is -0.373 e. The highest BCUT2D eigenvalue weighted by Crippen LogP contribution is 2.38. The molecule has 1 nitrogen and oxygen atoms in total. The van der Waals surface area contributed by atoms with Gasteiger partial charge in [-0.15, -0.1) is 0 Å². The summed E-state index contributed by atoms with van der Waals surface area (Å²) in [5, 5.41) is 0. The predicted octanol–water partition coefficient (Wildman–Crippen LogP) is 3.83. The van der Waals surface area contributed by atoms with E-state index in [1.165, 1.54) is 16.7 Å². The Morgan fingerprint density at radius 1 is 1.19 bits per heavy atom. The summed E-state index contributed by atoms with van der Waals surface area (Å²) in [6.45, 7) is 4.30. The first-order valence-corrected chi connectivity index (χ1v) is 5.66. The van der Waals surface area contributed by atoms with Crippen LogP contribution >= 0.6 is 0 Å². The number of benzene rings is 1. The van der Waals surface area contributed by atoms with E-state index in [-0.39, 0.29) is 5.60 Å². The Morgan fingerprint density at radius 3 is 2.50 bits per heavy atom. The highest BCUT2D eigenvalue weighted by Gasteiger charge is 2.31. The molecule has 1 unspecified atom stereocenters. The van der Waals surface area contributed by atoms with Crippen LogP contribution in [0.3, 0.4) is 0 Å². The SMILES string of the molecule is COC1(C)CC=CC(C)=C1c1ccccc1. The van der Waals surface area contributed by atoms with E-state index in [4.69, 9.17) is 4.74 Å². The summed E-state index contributed by atoms with van der Waals surface area (Å²) in [5.74, 6) is 0. The van der Waals surface area contributed by atoms with E-state index in [0.29, 0.717) is 0 Å². The first-order chi connectivity index (χ1) is 7.67. The van der Waals surface area contributed by atoms with Gasteiger partial charge in [0.2, 0.25) is 0 Å². The molecule has 0 N–H and O–H groups in total. The first kappa shape index (κ1) is 11.2. The lowest BCUT2D eigenvalue weighted by molar-refractivity contribution is 0.0591. The molecular formula is C15H18O. The van der Waals surface area contributed by atoms with Crippen molar-refractivity contribution in [3.63, 3.8) is 0 Å². The van der Waals surface area contributed by atoms with Gasteiger partial charge in [-0.3, -0.25) is 0 Å².